The number of benzene rings is 1. The highest BCUT2D eigenvalue weighted by atomic mass is 16.4. The molecule has 0 spiro atoms. The van der Waals surface area contributed by atoms with Crippen molar-refractivity contribution < 1.29 is 9.90 Å². The van der Waals surface area contributed by atoms with Crippen LogP contribution in [0.3, 0.4) is 0 Å². The normalized spacial score (nSPS) is 27.4. The van der Waals surface area contributed by atoms with Crippen LogP contribution < -0.4 is 0 Å². The quantitative estimate of drug-likeness (QED) is 0.905. The molecule has 19 heavy (non-hydrogen) atoms. The van der Waals surface area contributed by atoms with Crippen LogP contribution in [0.2, 0.25) is 0 Å². The average molecular weight is 261 g/mol. The number of rotatable bonds is 4. The molecule has 3 nitrogen and oxygen atoms in total. The Morgan fingerprint density at radius 2 is 1.84 bits per heavy atom. The highest BCUT2D eigenvalue weighted by Gasteiger charge is 2.39. The third-order valence-electron chi connectivity index (χ3n) is 4.62. The van der Waals surface area contributed by atoms with Gasteiger partial charge >= 0.3 is 5.97 Å². The second-order valence-corrected chi connectivity index (χ2v) is 5.87. The van der Waals surface area contributed by atoms with E-state index in [1.807, 2.05) is 20.2 Å². The molecule has 1 aromatic carbocycles. The molecule has 1 saturated carbocycles. The molecule has 3 heteroatoms. The molecule has 1 aliphatic rings. The number of hydrogen-bond acceptors (Lipinski definition) is 2. The summed E-state index contributed by atoms with van der Waals surface area (Å²) in [7, 11) is 4.01. The summed E-state index contributed by atoms with van der Waals surface area (Å²) in [6.07, 6.45) is 4.34. The minimum atomic E-state index is -0.688. The minimum Gasteiger partial charge on any atom is -0.481 e. The predicted octanol–water partition coefficient (Wildman–Crippen LogP) is 3.12. The first-order chi connectivity index (χ1) is 9.03. The Kier molecular flexibility index (Phi) is 4.25. The Hall–Kier alpha value is -1.35. The lowest BCUT2D eigenvalue weighted by Crippen LogP contribution is -2.48. The van der Waals surface area contributed by atoms with Crippen molar-refractivity contribution in [2.75, 3.05) is 14.1 Å². The van der Waals surface area contributed by atoms with Gasteiger partial charge in [-0.1, -0.05) is 30.3 Å². The number of carbonyl (C=O) groups is 1. The molecule has 1 aliphatic carbocycles. The summed E-state index contributed by atoms with van der Waals surface area (Å²) in [6.45, 7) is 0. The van der Waals surface area contributed by atoms with Gasteiger partial charge in [-0.25, -0.2) is 0 Å². The highest BCUT2D eigenvalue weighted by molar-refractivity contribution is 5.68. The molecule has 1 aromatic rings. The molecule has 0 bridgehead atoms. The first kappa shape index (κ1) is 14.1. The van der Waals surface area contributed by atoms with Gasteiger partial charge in [0, 0.05) is 5.54 Å². The average Bonchev–Trinajstić information content (AvgIpc) is 2.39. The smallest absolute Gasteiger partial charge is 0.305 e. The van der Waals surface area contributed by atoms with E-state index in [1.54, 1.807) is 0 Å². The first-order valence-corrected chi connectivity index (χ1v) is 6.98. The summed E-state index contributed by atoms with van der Waals surface area (Å²) in [6, 6.07) is 10.6. The van der Waals surface area contributed by atoms with Crippen LogP contribution in [0, 0.1) is 0 Å². The fourth-order valence-electron chi connectivity index (χ4n) is 3.28. The standard InChI is InChI=1S/C16H23NO2/c1-17(2)16(12-15(18)19)10-8-14(9-11-16)13-6-4-3-5-7-13/h3-7,14H,8-12H2,1-2H3,(H,18,19). The number of carboxylic acids is 1. The number of nitrogens with zero attached hydrogens (tertiary/aromatic N) is 1. The Balaban J connectivity index is 2.06. The van der Waals surface area contributed by atoms with Gasteiger partial charge in [-0.2, -0.15) is 0 Å². The van der Waals surface area contributed by atoms with Crippen LogP contribution in [0.25, 0.3) is 0 Å². The van der Waals surface area contributed by atoms with Crippen LogP contribution in [-0.2, 0) is 4.79 Å². The van der Waals surface area contributed by atoms with Crippen molar-refractivity contribution in [1.82, 2.24) is 4.90 Å². The van der Waals surface area contributed by atoms with Gasteiger partial charge in [0.05, 0.1) is 6.42 Å². The molecule has 0 unspecified atom stereocenters. The molecule has 1 fully saturated rings. The maximum absolute atomic E-state index is 11.1. The van der Waals surface area contributed by atoms with Gasteiger partial charge in [0.15, 0.2) is 0 Å². The van der Waals surface area contributed by atoms with Crippen LogP contribution in [0.4, 0.5) is 0 Å². The predicted molar refractivity (Wildman–Crippen MR) is 76.3 cm³/mol. The Morgan fingerprint density at radius 1 is 1.26 bits per heavy atom. The van der Waals surface area contributed by atoms with Crippen LogP contribution >= 0.6 is 0 Å². The Bertz CT molecular complexity index is 420. The summed E-state index contributed by atoms with van der Waals surface area (Å²) in [5, 5.41) is 9.14. The molecule has 0 aliphatic heterocycles. The number of carboxylic acid groups (broad SMARTS) is 1. The van der Waals surface area contributed by atoms with Crippen molar-refractivity contribution in [2.45, 2.75) is 43.6 Å². The van der Waals surface area contributed by atoms with Gasteiger partial charge in [-0.05, 0) is 51.3 Å². The number of aliphatic carboxylic acids is 1. The molecule has 0 heterocycles. The van der Waals surface area contributed by atoms with Crippen LogP contribution in [0.15, 0.2) is 30.3 Å². The van der Waals surface area contributed by atoms with E-state index in [-0.39, 0.29) is 12.0 Å². The van der Waals surface area contributed by atoms with E-state index in [0.717, 1.165) is 25.7 Å². The zero-order valence-electron chi connectivity index (χ0n) is 11.8. The molecule has 0 aromatic heterocycles. The lowest BCUT2D eigenvalue weighted by molar-refractivity contribution is -0.140. The fourth-order valence-corrected chi connectivity index (χ4v) is 3.28. The van der Waals surface area contributed by atoms with Crippen molar-refractivity contribution in [2.24, 2.45) is 0 Å². The lowest BCUT2D eigenvalue weighted by Gasteiger charge is -2.44. The highest BCUT2D eigenvalue weighted by Crippen LogP contribution is 2.41. The molecular formula is C16H23NO2. The van der Waals surface area contributed by atoms with Gasteiger partial charge in [0.25, 0.3) is 0 Å². The van der Waals surface area contributed by atoms with E-state index in [4.69, 9.17) is 5.11 Å². The summed E-state index contributed by atoms with van der Waals surface area (Å²) >= 11 is 0. The van der Waals surface area contributed by atoms with E-state index in [9.17, 15) is 4.79 Å². The Morgan fingerprint density at radius 3 is 2.32 bits per heavy atom. The monoisotopic (exact) mass is 261 g/mol. The van der Waals surface area contributed by atoms with E-state index in [2.05, 4.69) is 29.2 Å². The molecular weight excluding hydrogens is 238 g/mol. The van der Waals surface area contributed by atoms with Gasteiger partial charge in [0.2, 0.25) is 0 Å². The molecule has 0 atom stereocenters. The topological polar surface area (TPSA) is 40.5 Å². The summed E-state index contributed by atoms with van der Waals surface area (Å²) < 4.78 is 0. The third kappa shape index (κ3) is 3.16. The van der Waals surface area contributed by atoms with Crippen molar-refractivity contribution in [3.63, 3.8) is 0 Å². The third-order valence-corrected chi connectivity index (χ3v) is 4.62. The first-order valence-electron chi connectivity index (χ1n) is 6.98. The molecule has 2 rings (SSSR count). The Labute approximate surface area is 115 Å². The van der Waals surface area contributed by atoms with Crippen LogP contribution in [-0.4, -0.2) is 35.6 Å². The van der Waals surface area contributed by atoms with E-state index < -0.39 is 5.97 Å². The van der Waals surface area contributed by atoms with Crippen molar-refractivity contribution in [3.05, 3.63) is 35.9 Å². The second-order valence-electron chi connectivity index (χ2n) is 5.87. The molecule has 0 amide bonds. The van der Waals surface area contributed by atoms with E-state index in [1.165, 1.54) is 5.56 Å². The van der Waals surface area contributed by atoms with E-state index in [0.29, 0.717) is 5.92 Å². The summed E-state index contributed by atoms with van der Waals surface area (Å²) in [5.41, 5.74) is 1.24. The van der Waals surface area contributed by atoms with Gasteiger partial charge in [-0.3, -0.25) is 4.79 Å². The fraction of sp³-hybridized carbons (Fsp3) is 0.562. The number of hydrogen-bond donors (Lipinski definition) is 1. The second kappa shape index (κ2) is 5.74. The van der Waals surface area contributed by atoms with E-state index >= 15 is 0 Å². The van der Waals surface area contributed by atoms with Gasteiger partial charge < -0.3 is 10.0 Å². The minimum absolute atomic E-state index is 0.156. The molecule has 0 radical (unpaired) electrons. The maximum atomic E-state index is 11.1. The molecule has 1 N–H and O–H groups in total. The maximum Gasteiger partial charge on any atom is 0.305 e. The molecule has 104 valence electrons. The SMILES string of the molecule is CN(C)C1(CC(=O)O)CCC(c2ccccc2)CC1. The van der Waals surface area contributed by atoms with Gasteiger partial charge in [0.1, 0.15) is 0 Å². The largest absolute Gasteiger partial charge is 0.481 e. The van der Waals surface area contributed by atoms with Crippen LogP contribution in [0.1, 0.15) is 43.6 Å². The van der Waals surface area contributed by atoms with Crippen molar-refractivity contribution >= 4 is 5.97 Å². The van der Waals surface area contributed by atoms with Crippen molar-refractivity contribution in [1.29, 1.82) is 0 Å². The van der Waals surface area contributed by atoms with Gasteiger partial charge in [-0.15, -0.1) is 0 Å². The zero-order chi connectivity index (χ0) is 13.9. The zero-order valence-corrected chi connectivity index (χ0v) is 11.8. The summed E-state index contributed by atoms with van der Waals surface area (Å²) in [5.74, 6) is -0.102. The summed E-state index contributed by atoms with van der Waals surface area (Å²) in [4.78, 5) is 13.2. The molecule has 0 saturated heterocycles. The van der Waals surface area contributed by atoms with Crippen LogP contribution in [0.5, 0.6) is 0 Å². The van der Waals surface area contributed by atoms with Crippen molar-refractivity contribution in [3.8, 4) is 0 Å². The lowest BCUT2D eigenvalue weighted by atomic mass is 9.72.